The molecule has 0 unspecified atom stereocenters. The van der Waals surface area contributed by atoms with E-state index in [1.165, 1.54) is 0 Å². The Kier molecular flexibility index (Phi) is 5.08. The van der Waals surface area contributed by atoms with E-state index in [9.17, 15) is 9.90 Å². The zero-order valence-electron chi connectivity index (χ0n) is 12.9. The highest BCUT2D eigenvalue weighted by Gasteiger charge is 2.12. The molecule has 0 saturated heterocycles. The fourth-order valence-electron chi connectivity index (χ4n) is 2.53. The minimum Gasteiger partial charge on any atom is -0.387 e. The van der Waals surface area contributed by atoms with Gasteiger partial charge in [0.05, 0.1) is 18.0 Å². The van der Waals surface area contributed by atoms with Crippen LogP contribution in [0.5, 0.6) is 0 Å². The van der Waals surface area contributed by atoms with Crippen molar-refractivity contribution in [3.05, 3.63) is 76.9 Å². The average Bonchev–Trinajstić information content (AvgIpc) is 2.60. The molecule has 1 amide bonds. The van der Waals surface area contributed by atoms with E-state index in [0.29, 0.717) is 10.6 Å². The summed E-state index contributed by atoms with van der Waals surface area (Å²) in [5, 5.41) is 14.4. The van der Waals surface area contributed by atoms with Gasteiger partial charge in [0.25, 0.3) is 0 Å². The first kappa shape index (κ1) is 16.4. The number of para-hydroxylation sites is 1. The summed E-state index contributed by atoms with van der Waals surface area (Å²) in [6.45, 7) is 0.115. The summed E-state index contributed by atoms with van der Waals surface area (Å²) >= 11 is 6.04. The molecule has 1 aromatic heterocycles. The molecule has 0 aliphatic carbocycles. The fraction of sp³-hybridized carbons (Fsp3) is 0.158. The topological polar surface area (TPSA) is 62.2 Å². The SMILES string of the molecule is O=C(Cc1cnc2ccccc2c1)NC[C@@H](O)c1ccccc1Cl. The number of hydrogen-bond donors (Lipinski definition) is 2. The van der Waals surface area contributed by atoms with Crippen molar-refractivity contribution in [2.45, 2.75) is 12.5 Å². The molecule has 1 heterocycles. The Labute approximate surface area is 145 Å². The molecule has 0 radical (unpaired) electrons. The van der Waals surface area contributed by atoms with Crippen molar-refractivity contribution in [2.24, 2.45) is 0 Å². The lowest BCUT2D eigenvalue weighted by atomic mass is 10.1. The third-order valence-corrected chi connectivity index (χ3v) is 4.11. The summed E-state index contributed by atoms with van der Waals surface area (Å²) in [4.78, 5) is 16.4. The van der Waals surface area contributed by atoms with E-state index in [2.05, 4.69) is 10.3 Å². The van der Waals surface area contributed by atoms with Crippen molar-refractivity contribution in [1.82, 2.24) is 10.3 Å². The number of halogens is 1. The Morgan fingerprint density at radius 1 is 1.17 bits per heavy atom. The number of benzene rings is 2. The van der Waals surface area contributed by atoms with E-state index >= 15 is 0 Å². The van der Waals surface area contributed by atoms with Crippen LogP contribution in [0.3, 0.4) is 0 Å². The highest BCUT2D eigenvalue weighted by molar-refractivity contribution is 6.31. The largest absolute Gasteiger partial charge is 0.387 e. The lowest BCUT2D eigenvalue weighted by Gasteiger charge is -2.13. The molecule has 3 rings (SSSR count). The maximum atomic E-state index is 12.1. The van der Waals surface area contributed by atoms with Gasteiger partial charge in [0.1, 0.15) is 0 Å². The summed E-state index contributed by atoms with van der Waals surface area (Å²) < 4.78 is 0. The first-order valence-electron chi connectivity index (χ1n) is 7.66. The van der Waals surface area contributed by atoms with E-state index in [0.717, 1.165) is 16.5 Å². The second-order valence-electron chi connectivity index (χ2n) is 5.55. The van der Waals surface area contributed by atoms with Crippen molar-refractivity contribution < 1.29 is 9.90 Å². The van der Waals surface area contributed by atoms with Gasteiger partial charge in [-0.15, -0.1) is 0 Å². The second kappa shape index (κ2) is 7.43. The first-order chi connectivity index (χ1) is 11.6. The average molecular weight is 341 g/mol. The van der Waals surface area contributed by atoms with Crippen LogP contribution in [-0.2, 0) is 11.2 Å². The Bertz CT molecular complexity index is 867. The second-order valence-corrected chi connectivity index (χ2v) is 5.96. The van der Waals surface area contributed by atoms with Crippen molar-refractivity contribution in [1.29, 1.82) is 0 Å². The zero-order valence-corrected chi connectivity index (χ0v) is 13.7. The predicted molar refractivity (Wildman–Crippen MR) is 94.9 cm³/mol. The molecule has 5 heteroatoms. The lowest BCUT2D eigenvalue weighted by Crippen LogP contribution is -2.29. The first-order valence-corrected chi connectivity index (χ1v) is 8.04. The van der Waals surface area contributed by atoms with Crippen LogP contribution in [0.15, 0.2) is 60.8 Å². The highest BCUT2D eigenvalue weighted by Crippen LogP contribution is 2.21. The molecule has 0 fully saturated rings. The van der Waals surface area contributed by atoms with E-state index in [1.807, 2.05) is 30.3 Å². The molecule has 1 atom stereocenters. The van der Waals surface area contributed by atoms with Gasteiger partial charge in [0.2, 0.25) is 5.91 Å². The van der Waals surface area contributed by atoms with Crippen LogP contribution in [-0.4, -0.2) is 22.5 Å². The van der Waals surface area contributed by atoms with Gasteiger partial charge in [-0.2, -0.15) is 0 Å². The van der Waals surface area contributed by atoms with E-state index < -0.39 is 6.10 Å². The van der Waals surface area contributed by atoms with Crippen LogP contribution in [0, 0.1) is 0 Å². The number of nitrogens with one attached hydrogen (secondary N) is 1. The van der Waals surface area contributed by atoms with Crippen molar-refractivity contribution in [3.63, 3.8) is 0 Å². The molecule has 0 saturated carbocycles. The van der Waals surface area contributed by atoms with Gasteiger partial charge >= 0.3 is 0 Å². The summed E-state index contributed by atoms with van der Waals surface area (Å²) in [5.41, 5.74) is 2.33. The molecule has 0 spiro atoms. The molecule has 0 aliphatic heterocycles. The minimum absolute atomic E-state index is 0.115. The third kappa shape index (κ3) is 3.91. The van der Waals surface area contributed by atoms with Gasteiger partial charge in [-0.1, -0.05) is 48.0 Å². The molecular formula is C19H17ClN2O2. The lowest BCUT2D eigenvalue weighted by molar-refractivity contribution is -0.120. The molecule has 2 aromatic carbocycles. The maximum Gasteiger partial charge on any atom is 0.224 e. The van der Waals surface area contributed by atoms with E-state index in [-0.39, 0.29) is 18.9 Å². The number of aliphatic hydroxyl groups is 1. The molecule has 0 aliphatic rings. The summed E-state index contributed by atoms with van der Waals surface area (Å²) in [6, 6.07) is 16.8. The van der Waals surface area contributed by atoms with Crippen LogP contribution < -0.4 is 5.32 Å². The van der Waals surface area contributed by atoms with Crippen molar-refractivity contribution >= 4 is 28.4 Å². The standard InChI is InChI=1S/C19H17ClN2O2/c20-16-7-3-2-6-15(16)18(23)12-22-19(24)10-13-9-14-5-1-4-8-17(14)21-11-13/h1-9,11,18,23H,10,12H2,(H,22,24)/t18-/m1/s1. The van der Waals surface area contributed by atoms with Crippen LogP contribution in [0.2, 0.25) is 5.02 Å². The fourth-order valence-corrected chi connectivity index (χ4v) is 2.79. The Morgan fingerprint density at radius 2 is 1.92 bits per heavy atom. The molecule has 24 heavy (non-hydrogen) atoms. The van der Waals surface area contributed by atoms with Crippen LogP contribution in [0.4, 0.5) is 0 Å². The number of nitrogens with zero attached hydrogens (tertiary/aromatic N) is 1. The molecule has 4 nitrogen and oxygen atoms in total. The van der Waals surface area contributed by atoms with Crippen LogP contribution >= 0.6 is 11.6 Å². The molecule has 122 valence electrons. The molecule has 2 N–H and O–H groups in total. The third-order valence-electron chi connectivity index (χ3n) is 3.77. The number of carbonyl (C=O) groups is 1. The van der Waals surface area contributed by atoms with Gasteiger partial charge in [-0.05, 0) is 23.8 Å². The number of rotatable bonds is 5. The van der Waals surface area contributed by atoms with Gasteiger partial charge in [-0.3, -0.25) is 9.78 Å². The smallest absolute Gasteiger partial charge is 0.224 e. The maximum absolute atomic E-state index is 12.1. The summed E-state index contributed by atoms with van der Waals surface area (Å²) in [7, 11) is 0. The number of carbonyl (C=O) groups excluding carboxylic acids is 1. The quantitative estimate of drug-likeness (QED) is 0.749. The van der Waals surface area contributed by atoms with E-state index in [1.54, 1.807) is 30.5 Å². The van der Waals surface area contributed by atoms with Crippen molar-refractivity contribution in [2.75, 3.05) is 6.54 Å². The Morgan fingerprint density at radius 3 is 2.75 bits per heavy atom. The van der Waals surface area contributed by atoms with Gasteiger partial charge < -0.3 is 10.4 Å². The number of pyridine rings is 1. The number of hydrogen-bond acceptors (Lipinski definition) is 3. The predicted octanol–water partition coefficient (Wildman–Crippen LogP) is 3.28. The summed E-state index contributed by atoms with van der Waals surface area (Å²) in [5.74, 6) is -0.168. The van der Waals surface area contributed by atoms with Gasteiger partial charge in [0.15, 0.2) is 0 Å². The van der Waals surface area contributed by atoms with E-state index in [4.69, 9.17) is 11.6 Å². The molecule has 3 aromatic rings. The van der Waals surface area contributed by atoms with Gasteiger partial charge in [0, 0.05) is 28.7 Å². The minimum atomic E-state index is -0.836. The summed E-state index contributed by atoms with van der Waals surface area (Å²) in [6.07, 6.45) is 1.08. The number of fused-ring (bicyclic) bond motifs is 1. The molecule has 0 bridgehead atoms. The Hall–Kier alpha value is -2.43. The molecular weight excluding hydrogens is 324 g/mol. The highest BCUT2D eigenvalue weighted by atomic mass is 35.5. The zero-order chi connectivity index (χ0) is 16.9. The normalized spacial score (nSPS) is 12.1. The Balaban J connectivity index is 1.59. The van der Waals surface area contributed by atoms with Crippen molar-refractivity contribution in [3.8, 4) is 0 Å². The monoisotopic (exact) mass is 340 g/mol. The van der Waals surface area contributed by atoms with Crippen LogP contribution in [0.1, 0.15) is 17.2 Å². The van der Waals surface area contributed by atoms with Crippen LogP contribution in [0.25, 0.3) is 10.9 Å². The van der Waals surface area contributed by atoms with Gasteiger partial charge in [-0.25, -0.2) is 0 Å². The number of aromatic nitrogens is 1. The number of aliphatic hydroxyl groups excluding tert-OH is 1. The number of amides is 1.